The molecule has 90 valence electrons. The van der Waals surface area contributed by atoms with Gasteiger partial charge in [-0.1, -0.05) is 22.0 Å². The molecule has 0 saturated heterocycles. The van der Waals surface area contributed by atoms with E-state index in [0.29, 0.717) is 5.11 Å². The van der Waals surface area contributed by atoms with Gasteiger partial charge >= 0.3 is 0 Å². The van der Waals surface area contributed by atoms with Gasteiger partial charge in [-0.05, 0) is 43.3 Å². The molecule has 2 rings (SSSR count). The Hall–Kier alpha value is -1.14. The molecule has 0 bridgehead atoms. The van der Waals surface area contributed by atoms with Gasteiger partial charge in [-0.2, -0.15) is 0 Å². The Morgan fingerprint density at radius 2 is 2.12 bits per heavy atom. The SMILES string of the molecule is O=C(NNC(=S)Nc1cccc(Br)c1)C1CC1. The van der Waals surface area contributed by atoms with E-state index < -0.39 is 0 Å². The van der Waals surface area contributed by atoms with Gasteiger partial charge in [-0.3, -0.25) is 15.6 Å². The Morgan fingerprint density at radius 3 is 2.76 bits per heavy atom. The highest BCUT2D eigenvalue weighted by Gasteiger charge is 2.29. The number of carbonyl (C=O) groups excluding carboxylic acids is 1. The Morgan fingerprint density at radius 1 is 1.35 bits per heavy atom. The Labute approximate surface area is 113 Å². The van der Waals surface area contributed by atoms with E-state index in [2.05, 4.69) is 32.1 Å². The van der Waals surface area contributed by atoms with Crippen molar-refractivity contribution in [2.45, 2.75) is 12.8 Å². The minimum absolute atomic E-state index is 0.00314. The first-order valence-electron chi connectivity index (χ1n) is 5.27. The predicted molar refractivity (Wildman–Crippen MR) is 74.4 cm³/mol. The maximum absolute atomic E-state index is 11.3. The maximum atomic E-state index is 11.3. The fourth-order valence-corrected chi connectivity index (χ4v) is 1.86. The second-order valence-corrected chi connectivity index (χ2v) is 5.18. The molecule has 1 aromatic rings. The summed E-state index contributed by atoms with van der Waals surface area (Å²) < 4.78 is 0.965. The van der Waals surface area contributed by atoms with Crippen LogP contribution in [-0.4, -0.2) is 11.0 Å². The highest BCUT2D eigenvalue weighted by atomic mass is 79.9. The van der Waals surface area contributed by atoms with E-state index in [1.165, 1.54) is 0 Å². The van der Waals surface area contributed by atoms with Crippen molar-refractivity contribution in [2.24, 2.45) is 5.92 Å². The standard InChI is InChI=1S/C11H12BrN3OS/c12-8-2-1-3-9(6-8)13-11(17)15-14-10(16)7-4-5-7/h1-3,6-7H,4-5H2,(H,14,16)(H2,13,15,17). The van der Waals surface area contributed by atoms with Crippen LogP contribution in [0.15, 0.2) is 28.7 Å². The number of thiocarbonyl (C=S) groups is 1. The zero-order chi connectivity index (χ0) is 12.3. The third kappa shape index (κ3) is 3.98. The number of benzene rings is 1. The molecule has 17 heavy (non-hydrogen) atoms. The lowest BCUT2D eigenvalue weighted by molar-refractivity contribution is -0.122. The van der Waals surface area contributed by atoms with Crippen LogP contribution in [0.5, 0.6) is 0 Å². The van der Waals surface area contributed by atoms with Crippen molar-refractivity contribution in [1.82, 2.24) is 10.9 Å². The molecular weight excluding hydrogens is 302 g/mol. The largest absolute Gasteiger partial charge is 0.331 e. The van der Waals surface area contributed by atoms with Crippen LogP contribution in [-0.2, 0) is 4.79 Å². The summed E-state index contributed by atoms with van der Waals surface area (Å²) in [4.78, 5) is 11.3. The van der Waals surface area contributed by atoms with Crippen molar-refractivity contribution in [1.29, 1.82) is 0 Å². The number of anilines is 1. The van der Waals surface area contributed by atoms with Gasteiger partial charge in [-0.15, -0.1) is 0 Å². The average Bonchev–Trinajstić information content (AvgIpc) is 3.09. The highest BCUT2D eigenvalue weighted by Crippen LogP contribution is 2.28. The molecule has 0 aromatic heterocycles. The van der Waals surface area contributed by atoms with Crippen molar-refractivity contribution in [3.63, 3.8) is 0 Å². The number of hydrogen-bond donors (Lipinski definition) is 3. The van der Waals surface area contributed by atoms with Crippen LogP contribution in [0.2, 0.25) is 0 Å². The number of nitrogens with one attached hydrogen (secondary N) is 3. The number of amides is 1. The van der Waals surface area contributed by atoms with E-state index in [-0.39, 0.29) is 11.8 Å². The van der Waals surface area contributed by atoms with Crippen LogP contribution in [0.3, 0.4) is 0 Å². The lowest BCUT2D eigenvalue weighted by Gasteiger charge is -2.11. The lowest BCUT2D eigenvalue weighted by atomic mass is 10.3. The first kappa shape index (κ1) is 12.3. The number of hydrogen-bond acceptors (Lipinski definition) is 2. The third-order valence-corrected chi connectivity index (χ3v) is 3.03. The van der Waals surface area contributed by atoms with E-state index in [1.807, 2.05) is 24.3 Å². The van der Waals surface area contributed by atoms with Crippen LogP contribution in [0.1, 0.15) is 12.8 Å². The molecule has 0 spiro atoms. The summed E-state index contributed by atoms with van der Waals surface area (Å²) >= 11 is 8.42. The number of rotatable bonds is 2. The summed E-state index contributed by atoms with van der Waals surface area (Å²) in [5, 5.41) is 3.35. The molecule has 6 heteroatoms. The van der Waals surface area contributed by atoms with E-state index >= 15 is 0 Å². The van der Waals surface area contributed by atoms with Crippen LogP contribution >= 0.6 is 28.1 Å². The molecule has 1 aromatic carbocycles. The third-order valence-electron chi connectivity index (χ3n) is 2.33. The van der Waals surface area contributed by atoms with Gasteiger partial charge in [0.15, 0.2) is 5.11 Å². The summed E-state index contributed by atoms with van der Waals surface area (Å²) in [5.41, 5.74) is 6.11. The zero-order valence-corrected chi connectivity index (χ0v) is 11.4. The maximum Gasteiger partial charge on any atom is 0.241 e. The van der Waals surface area contributed by atoms with Crippen molar-refractivity contribution in [3.8, 4) is 0 Å². The molecule has 1 fully saturated rings. The molecule has 3 N–H and O–H groups in total. The fourth-order valence-electron chi connectivity index (χ4n) is 1.29. The van der Waals surface area contributed by atoms with Gasteiger partial charge in [-0.25, -0.2) is 0 Å². The van der Waals surface area contributed by atoms with Gasteiger partial charge < -0.3 is 5.32 Å². The summed E-state index contributed by atoms with van der Waals surface area (Å²) in [7, 11) is 0. The number of hydrazine groups is 1. The molecule has 0 atom stereocenters. The van der Waals surface area contributed by atoms with E-state index in [4.69, 9.17) is 12.2 Å². The average molecular weight is 314 g/mol. The van der Waals surface area contributed by atoms with E-state index in [9.17, 15) is 4.79 Å². The second kappa shape index (κ2) is 5.46. The van der Waals surface area contributed by atoms with Gasteiger partial charge in [0.2, 0.25) is 5.91 Å². The molecule has 1 saturated carbocycles. The topological polar surface area (TPSA) is 53.2 Å². The van der Waals surface area contributed by atoms with Gasteiger partial charge in [0, 0.05) is 16.1 Å². The Bertz CT molecular complexity index is 448. The molecule has 0 unspecified atom stereocenters. The molecule has 1 aliphatic rings. The lowest BCUT2D eigenvalue weighted by Crippen LogP contribution is -2.44. The molecular formula is C11H12BrN3OS. The first-order chi connectivity index (χ1) is 8.15. The number of halogens is 1. The molecule has 1 aliphatic carbocycles. The summed E-state index contributed by atoms with van der Waals surface area (Å²) in [6.45, 7) is 0. The van der Waals surface area contributed by atoms with Crippen LogP contribution < -0.4 is 16.2 Å². The highest BCUT2D eigenvalue weighted by molar-refractivity contribution is 9.10. The van der Waals surface area contributed by atoms with Crippen LogP contribution in [0.4, 0.5) is 5.69 Å². The normalized spacial score (nSPS) is 13.9. The molecule has 4 nitrogen and oxygen atoms in total. The van der Waals surface area contributed by atoms with Crippen LogP contribution in [0.25, 0.3) is 0 Å². The van der Waals surface area contributed by atoms with Crippen molar-refractivity contribution in [3.05, 3.63) is 28.7 Å². The second-order valence-electron chi connectivity index (χ2n) is 3.85. The van der Waals surface area contributed by atoms with Crippen molar-refractivity contribution < 1.29 is 4.79 Å². The Balaban J connectivity index is 1.78. The fraction of sp³-hybridized carbons (Fsp3) is 0.273. The van der Waals surface area contributed by atoms with Crippen molar-refractivity contribution >= 4 is 44.9 Å². The predicted octanol–water partition coefficient (Wildman–Crippen LogP) is 2.18. The molecule has 1 amide bonds. The first-order valence-corrected chi connectivity index (χ1v) is 6.48. The summed E-state index contributed by atoms with van der Waals surface area (Å²) in [6.07, 6.45) is 1.94. The molecule has 0 aliphatic heterocycles. The Kier molecular flexibility index (Phi) is 3.96. The molecule has 0 heterocycles. The summed E-state index contributed by atoms with van der Waals surface area (Å²) in [6, 6.07) is 7.62. The quantitative estimate of drug-likeness (QED) is 0.578. The van der Waals surface area contributed by atoms with Crippen molar-refractivity contribution in [2.75, 3.05) is 5.32 Å². The van der Waals surface area contributed by atoms with Gasteiger partial charge in [0.25, 0.3) is 0 Å². The monoisotopic (exact) mass is 313 g/mol. The van der Waals surface area contributed by atoms with E-state index in [0.717, 1.165) is 23.0 Å². The van der Waals surface area contributed by atoms with E-state index in [1.54, 1.807) is 0 Å². The van der Waals surface area contributed by atoms with Crippen LogP contribution in [0, 0.1) is 5.92 Å². The minimum Gasteiger partial charge on any atom is -0.331 e. The summed E-state index contributed by atoms with van der Waals surface area (Å²) in [5.74, 6) is 0.166. The zero-order valence-electron chi connectivity index (χ0n) is 9.00. The number of carbonyl (C=O) groups is 1. The minimum atomic E-state index is 0.00314. The molecule has 0 radical (unpaired) electrons. The van der Waals surface area contributed by atoms with Gasteiger partial charge in [0.05, 0.1) is 0 Å². The van der Waals surface area contributed by atoms with Gasteiger partial charge in [0.1, 0.15) is 0 Å². The smallest absolute Gasteiger partial charge is 0.241 e.